The Kier molecular flexibility index (Phi) is 3.16. The van der Waals surface area contributed by atoms with E-state index in [0.29, 0.717) is 28.6 Å². The van der Waals surface area contributed by atoms with E-state index in [1.54, 1.807) is 6.07 Å². The Bertz CT molecular complexity index is 698. The third-order valence-electron chi connectivity index (χ3n) is 3.58. The second-order valence-electron chi connectivity index (χ2n) is 5.21. The Balaban J connectivity index is 1.98. The summed E-state index contributed by atoms with van der Waals surface area (Å²) in [4.78, 5) is 11.4. The summed E-state index contributed by atoms with van der Waals surface area (Å²) in [5.74, 6) is -0.150. The molecule has 0 saturated heterocycles. The van der Waals surface area contributed by atoms with E-state index < -0.39 is 15.6 Å². The normalized spacial score (nSPS) is 19.6. The summed E-state index contributed by atoms with van der Waals surface area (Å²) in [5, 5.41) is 11.9. The van der Waals surface area contributed by atoms with E-state index in [-0.39, 0.29) is 23.8 Å². The first kappa shape index (κ1) is 14.0. The summed E-state index contributed by atoms with van der Waals surface area (Å²) < 4.78 is 27.7. The Morgan fingerprint density at radius 3 is 2.70 bits per heavy atom. The number of nitrogens with one attached hydrogen (secondary N) is 2. The number of carbonyl (C=O) groups is 1. The summed E-state index contributed by atoms with van der Waals surface area (Å²) in [5.41, 5.74) is 0.572. The van der Waals surface area contributed by atoms with Crippen LogP contribution in [-0.2, 0) is 21.2 Å². The van der Waals surface area contributed by atoms with Crippen LogP contribution in [0, 0.1) is 0 Å². The van der Waals surface area contributed by atoms with Crippen LogP contribution in [0.25, 0.3) is 0 Å². The monoisotopic (exact) mass is 360 g/mol. The van der Waals surface area contributed by atoms with Crippen LogP contribution in [0.3, 0.4) is 0 Å². The first-order chi connectivity index (χ1) is 9.35. The molecule has 6 nitrogen and oxygen atoms in total. The number of anilines is 1. The van der Waals surface area contributed by atoms with Gasteiger partial charge in [-0.3, -0.25) is 4.79 Å². The lowest BCUT2D eigenvalue weighted by atomic mass is 10.2. The van der Waals surface area contributed by atoms with Gasteiger partial charge in [-0.2, -0.15) is 0 Å². The molecule has 8 heteroatoms. The summed E-state index contributed by atoms with van der Waals surface area (Å²) in [7, 11) is -3.73. The van der Waals surface area contributed by atoms with E-state index in [1.807, 2.05) is 0 Å². The van der Waals surface area contributed by atoms with Gasteiger partial charge in [0.15, 0.2) is 0 Å². The lowest BCUT2D eigenvalue weighted by Gasteiger charge is -2.16. The van der Waals surface area contributed by atoms with Gasteiger partial charge in [-0.05, 0) is 46.5 Å². The van der Waals surface area contributed by atoms with E-state index in [9.17, 15) is 18.3 Å². The van der Waals surface area contributed by atoms with Gasteiger partial charge in [0.2, 0.25) is 15.9 Å². The van der Waals surface area contributed by atoms with Gasteiger partial charge in [0.05, 0.1) is 23.5 Å². The number of hydrogen-bond acceptors (Lipinski definition) is 4. The third kappa shape index (κ3) is 2.37. The molecule has 0 spiro atoms. The predicted molar refractivity (Wildman–Crippen MR) is 75.8 cm³/mol. The number of halogens is 1. The first-order valence-electron chi connectivity index (χ1n) is 6.12. The van der Waals surface area contributed by atoms with Gasteiger partial charge in [-0.15, -0.1) is 0 Å². The van der Waals surface area contributed by atoms with Crippen molar-refractivity contribution < 1.29 is 18.3 Å². The number of hydrogen-bond donors (Lipinski definition) is 3. The van der Waals surface area contributed by atoms with Crippen LogP contribution in [0.15, 0.2) is 21.5 Å². The molecule has 1 heterocycles. The van der Waals surface area contributed by atoms with Crippen molar-refractivity contribution in [2.75, 3.05) is 11.9 Å². The molecule has 0 unspecified atom stereocenters. The van der Waals surface area contributed by atoms with Crippen LogP contribution in [0.2, 0.25) is 0 Å². The highest BCUT2D eigenvalue weighted by Gasteiger charge is 2.46. The minimum absolute atomic E-state index is 0.0903. The third-order valence-corrected chi connectivity index (χ3v) is 6.12. The minimum atomic E-state index is -3.73. The summed E-state index contributed by atoms with van der Waals surface area (Å²) in [6, 6.07) is 3.08. The number of aliphatic hydroxyl groups excluding tert-OH is 1. The molecule has 0 bridgehead atoms. The Morgan fingerprint density at radius 1 is 1.40 bits per heavy atom. The zero-order chi connectivity index (χ0) is 14.5. The van der Waals surface area contributed by atoms with Crippen LogP contribution in [0.5, 0.6) is 0 Å². The highest BCUT2D eigenvalue weighted by molar-refractivity contribution is 9.10. The second-order valence-corrected chi connectivity index (χ2v) is 7.71. The quantitative estimate of drug-likeness (QED) is 0.738. The number of rotatable bonds is 4. The van der Waals surface area contributed by atoms with Gasteiger partial charge in [0, 0.05) is 10.2 Å². The lowest BCUT2D eigenvalue weighted by molar-refractivity contribution is -0.115. The van der Waals surface area contributed by atoms with Crippen molar-refractivity contribution in [3.05, 3.63) is 22.2 Å². The van der Waals surface area contributed by atoms with E-state index in [0.717, 1.165) is 0 Å². The number of fused-ring (bicyclic) bond motifs is 1. The SMILES string of the molecule is O=C1Cc2cc(S(=O)(=O)NC3(CO)CC3)c(Br)cc2N1. The van der Waals surface area contributed by atoms with Gasteiger partial charge in [0.25, 0.3) is 0 Å². The van der Waals surface area contributed by atoms with E-state index in [4.69, 9.17) is 0 Å². The maximum absolute atomic E-state index is 12.4. The van der Waals surface area contributed by atoms with Gasteiger partial charge < -0.3 is 10.4 Å². The molecule has 3 rings (SSSR count). The topological polar surface area (TPSA) is 95.5 Å². The molecule has 0 radical (unpaired) electrons. The summed E-state index contributed by atoms with van der Waals surface area (Å²) in [6.07, 6.45) is 1.44. The van der Waals surface area contributed by atoms with Crippen molar-refractivity contribution in [2.24, 2.45) is 0 Å². The zero-order valence-electron chi connectivity index (χ0n) is 10.4. The summed E-state index contributed by atoms with van der Waals surface area (Å²) >= 11 is 3.22. The van der Waals surface area contributed by atoms with Crippen LogP contribution in [0.4, 0.5) is 5.69 Å². The van der Waals surface area contributed by atoms with Crippen LogP contribution in [-0.4, -0.2) is 31.6 Å². The van der Waals surface area contributed by atoms with E-state index in [1.165, 1.54) is 6.07 Å². The molecule has 0 aromatic heterocycles. The van der Waals surface area contributed by atoms with Crippen molar-refractivity contribution in [1.82, 2.24) is 4.72 Å². The molecule has 3 N–H and O–H groups in total. The average Bonchev–Trinajstić information content (AvgIpc) is 3.02. The largest absolute Gasteiger partial charge is 0.394 e. The Hall–Kier alpha value is -0.960. The maximum Gasteiger partial charge on any atom is 0.242 e. The fourth-order valence-electron chi connectivity index (χ4n) is 2.21. The molecule has 2 aliphatic rings. The van der Waals surface area contributed by atoms with Gasteiger partial charge in [-0.25, -0.2) is 13.1 Å². The molecule has 1 amide bonds. The van der Waals surface area contributed by atoms with Gasteiger partial charge >= 0.3 is 0 Å². The van der Waals surface area contributed by atoms with Crippen molar-refractivity contribution in [2.45, 2.75) is 29.7 Å². The van der Waals surface area contributed by atoms with Crippen molar-refractivity contribution >= 4 is 37.5 Å². The van der Waals surface area contributed by atoms with Crippen LogP contribution >= 0.6 is 15.9 Å². The molecular weight excluding hydrogens is 348 g/mol. The van der Waals surface area contributed by atoms with Crippen molar-refractivity contribution in [3.8, 4) is 0 Å². The second kappa shape index (κ2) is 4.52. The molecule has 1 saturated carbocycles. The zero-order valence-corrected chi connectivity index (χ0v) is 12.8. The fraction of sp³-hybridized carbons (Fsp3) is 0.417. The van der Waals surface area contributed by atoms with Crippen molar-refractivity contribution in [1.29, 1.82) is 0 Å². The number of carbonyl (C=O) groups excluding carboxylic acids is 1. The number of benzene rings is 1. The van der Waals surface area contributed by atoms with Gasteiger partial charge in [0.1, 0.15) is 0 Å². The molecular formula is C12H13BrN2O4S. The standard InChI is InChI=1S/C12H13BrN2O4S/c13-8-5-9-7(4-11(17)14-9)3-10(8)20(18,19)15-12(6-16)1-2-12/h3,5,15-16H,1-2,4,6H2,(H,14,17). The van der Waals surface area contributed by atoms with Crippen LogP contribution in [0.1, 0.15) is 18.4 Å². The molecule has 1 aliphatic heterocycles. The highest BCUT2D eigenvalue weighted by atomic mass is 79.9. The highest BCUT2D eigenvalue weighted by Crippen LogP contribution is 2.38. The number of amides is 1. The number of aliphatic hydroxyl groups is 1. The Morgan fingerprint density at radius 2 is 2.10 bits per heavy atom. The molecule has 1 aliphatic carbocycles. The van der Waals surface area contributed by atoms with Crippen molar-refractivity contribution in [3.63, 3.8) is 0 Å². The first-order valence-corrected chi connectivity index (χ1v) is 8.40. The maximum atomic E-state index is 12.4. The smallest absolute Gasteiger partial charge is 0.242 e. The lowest BCUT2D eigenvalue weighted by Crippen LogP contribution is -2.39. The predicted octanol–water partition coefficient (Wildman–Crippen LogP) is 0.747. The van der Waals surface area contributed by atoms with E-state index in [2.05, 4.69) is 26.0 Å². The molecule has 1 fully saturated rings. The molecule has 108 valence electrons. The van der Waals surface area contributed by atoms with E-state index >= 15 is 0 Å². The average molecular weight is 361 g/mol. The molecule has 20 heavy (non-hydrogen) atoms. The molecule has 0 atom stereocenters. The number of sulfonamides is 1. The van der Waals surface area contributed by atoms with Crippen LogP contribution < -0.4 is 10.0 Å². The summed E-state index contributed by atoms with van der Waals surface area (Å²) in [6.45, 7) is -0.213. The fourth-order valence-corrected chi connectivity index (χ4v) is 4.76. The molecule has 1 aromatic carbocycles. The molecule has 1 aromatic rings. The Labute approximate surface area is 124 Å². The van der Waals surface area contributed by atoms with Gasteiger partial charge in [-0.1, -0.05) is 0 Å². The minimum Gasteiger partial charge on any atom is -0.394 e.